The minimum Gasteiger partial charge on any atom is -0.313 e. The zero-order valence-corrected chi connectivity index (χ0v) is 7.33. The van der Waals surface area contributed by atoms with Crippen LogP contribution in [0, 0.1) is 0 Å². The molecule has 0 radical (unpaired) electrons. The summed E-state index contributed by atoms with van der Waals surface area (Å²) in [5.41, 5.74) is 1.23. The summed E-state index contributed by atoms with van der Waals surface area (Å²) in [6.07, 6.45) is 6.53. The minimum absolute atomic E-state index is 0.342. The number of hydrogen-bond donors (Lipinski definition) is 1. The topological polar surface area (TPSA) is 24.9 Å². The van der Waals surface area contributed by atoms with Crippen molar-refractivity contribution >= 4 is 0 Å². The maximum atomic E-state index is 4.04. The van der Waals surface area contributed by atoms with Gasteiger partial charge in [0, 0.05) is 18.4 Å². The molecule has 0 aromatic carbocycles. The Kier molecular flexibility index (Phi) is 3.48. The molecule has 0 amide bonds. The number of nitrogens with zero attached hydrogens (tertiary/aromatic N) is 1. The average Bonchev–Trinajstić information content (AvgIpc) is 2.16. The van der Waals surface area contributed by atoms with E-state index in [0.717, 1.165) is 6.42 Å². The molecular formula is C10H14N2. The first-order chi connectivity index (χ1) is 5.86. The molecule has 0 bridgehead atoms. The van der Waals surface area contributed by atoms with Gasteiger partial charge in [0.2, 0.25) is 0 Å². The van der Waals surface area contributed by atoms with Crippen molar-refractivity contribution < 1.29 is 0 Å². The molecule has 0 spiro atoms. The molecule has 2 nitrogen and oxygen atoms in total. The predicted octanol–water partition coefficient (Wildman–Crippen LogP) is 1.40. The fourth-order valence-corrected chi connectivity index (χ4v) is 1.08. The standard InChI is InChI=1S/C10H14N2/c1-3-10(11-2)7-9-5-4-6-12-8-9/h3-6,8,10-11H,1,7H2,2H3. The molecular weight excluding hydrogens is 148 g/mol. The van der Waals surface area contributed by atoms with Crippen LogP contribution in [0.3, 0.4) is 0 Å². The summed E-state index contributed by atoms with van der Waals surface area (Å²) in [6.45, 7) is 3.75. The van der Waals surface area contributed by atoms with Crippen molar-refractivity contribution in [2.24, 2.45) is 0 Å². The van der Waals surface area contributed by atoms with Crippen molar-refractivity contribution in [1.29, 1.82) is 0 Å². The van der Waals surface area contributed by atoms with Crippen molar-refractivity contribution in [3.63, 3.8) is 0 Å². The Hall–Kier alpha value is -1.15. The molecule has 0 aliphatic heterocycles. The molecule has 1 aromatic heterocycles. The highest BCUT2D eigenvalue weighted by molar-refractivity contribution is 5.11. The number of aromatic nitrogens is 1. The van der Waals surface area contributed by atoms with E-state index >= 15 is 0 Å². The summed E-state index contributed by atoms with van der Waals surface area (Å²) in [7, 11) is 1.93. The van der Waals surface area contributed by atoms with Gasteiger partial charge < -0.3 is 5.32 Å². The molecule has 2 heteroatoms. The summed E-state index contributed by atoms with van der Waals surface area (Å²) in [5.74, 6) is 0. The highest BCUT2D eigenvalue weighted by Gasteiger charge is 2.00. The first-order valence-electron chi connectivity index (χ1n) is 4.05. The number of likely N-dealkylation sites (N-methyl/N-ethyl adjacent to an activating group) is 1. The van der Waals surface area contributed by atoms with Crippen LogP contribution in [0.1, 0.15) is 5.56 Å². The molecule has 1 atom stereocenters. The van der Waals surface area contributed by atoms with E-state index < -0.39 is 0 Å². The van der Waals surface area contributed by atoms with Crippen LogP contribution in [0.4, 0.5) is 0 Å². The Bertz CT molecular complexity index is 231. The third-order valence-electron chi connectivity index (χ3n) is 1.83. The predicted molar refractivity (Wildman–Crippen MR) is 51.0 cm³/mol. The van der Waals surface area contributed by atoms with Crippen LogP contribution in [0.2, 0.25) is 0 Å². The Labute approximate surface area is 73.3 Å². The molecule has 0 fully saturated rings. The SMILES string of the molecule is C=CC(Cc1cccnc1)NC. The van der Waals surface area contributed by atoms with Crippen molar-refractivity contribution in [1.82, 2.24) is 10.3 Å². The second-order valence-corrected chi connectivity index (χ2v) is 2.70. The highest BCUT2D eigenvalue weighted by Crippen LogP contribution is 2.00. The van der Waals surface area contributed by atoms with Crippen LogP contribution in [0.25, 0.3) is 0 Å². The van der Waals surface area contributed by atoms with Crippen LogP contribution >= 0.6 is 0 Å². The van der Waals surface area contributed by atoms with E-state index in [1.165, 1.54) is 5.56 Å². The molecule has 0 saturated heterocycles. The summed E-state index contributed by atoms with van der Waals surface area (Å²) in [6, 6.07) is 4.36. The zero-order valence-electron chi connectivity index (χ0n) is 7.33. The third-order valence-corrected chi connectivity index (χ3v) is 1.83. The number of rotatable bonds is 4. The van der Waals surface area contributed by atoms with Crippen molar-refractivity contribution in [2.75, 3.05) is 7.05 Å². The first-order valence-corrected chi connectivity index (χ1v) is 4.05. The van der Waals surface area contributed by atoms with E-state index in [0.29, 0.717) is 6.04 Å². The summed E-state index contributed by atoms with van der Waals surface area (Å²) in [4.78, 5) is 4.04. The molecule has 0 aliphatic carbocycles. The van der Waals surface area contributed by atoms with Gasteiger partial charge in [0.05, 0.1) is 0 Å². The van der Waals surface area contributed by atoms with Gasteiger partial charge >= 0.3 is 0 Å². The Morgan fingerprint density at radius 1 is 1.75 bits per heavy atom. The lowest BCUT2D eigenvalue weighted by atomic mass is 10.1. The van der Waals surface area contributed by atoms with Gasteiger partial charge in [0.25, 0.3) is 0 Å². The quantitative estimate of drug-likeness (QED) is 0.677. The van der Waals surface area contributed by atoms with E-state index in [1.54, 1.807) is 6.20 Å². The average molecular weight is 162 g/mol. The number of pyridine rings is 1. The Balaban J connectivity index is 2.56. The largest absolute Gasteiger partial charge is 0.313 e. The molecule has 12 heavy (non-hydrogen) atoms. The summed E-state index contributed by atoms with van der Waals surface area (Å²) in [5, 5.41) is 3.15. The second-order valence-electron chi connectivity index (χ2n) is 2.70. The normalized spacial score (nSPS) is 12.4. The lowest BCUT2D eigenvalue weighted by Gasteiger charge is -2.09. The Morgan fingerprint density at radius 2 is 2.58 bits per heavy atom. The van der Waals surface area contributed by atoms with E-state index in [-0.39, 0.29) is 0 Å². The maximum absolute atomic E-state index is 4.04. The van der Waals surface area contributed by atoms with Gasteiger partial charge in [-0.25, -0.2) is 0 Å². The summed E-state index contributed by atoms with van der Waals surface area (Å²) >= 11 is 0. The van der Waals surface area contributed by atoms with Crippen LogP contribution < -0.4 is 5.32 Å². The van der Waals surface area contributed by atoms with E-state index in [1.807, 2.05) is 25.4 Å². The van der Waals surface area contributed by atoms with Crippen molar-refractivity contribution in [3.8, 4) is 0 Å². The third kappa shape index (κ3) is 2.47. The van der Waals surface area contributed by atoms with Gasteiger partial charge in [0.15, 0.2) is 0 Å². The van der Waals surface area contributed by atoms with Crippen LogP contribution in [-0.4, -0.2) is 18.1 Å². The summed E-state index contributed by atoms with van der Waals surface area (Å²) < 4.78 is 0. The van der Waals surface area contributed by atoms with Gasteiger partial charge in [-0.1, -0.05) is 12.1 Å². The molecule has 1 N–H and O–H groups in total. The van der Waals surface area contributed by atoms with Gasteiger partial charge in [-0.2, -0.15) is 0 Å². The monoisotopic (exact) mass is 162 g/mol. The first kappa shape index (κ1) is 8.94. The van der Waals surface area contributed by atoms with Gasteiger partial charge in [-0.05, 0) is 25.1 Å². The molecule has 1 rings (SSSR count). The molecule has 64 valence electrons. The van der Waals surface area contributed by atoms with Gasteiger partial charge in [-0.15, -0.1) is 6.58 Å². The molecule has 1 unspecified atom stereocenters. The minimum atomic E-state index is 0.342. The molecule has 0 aliphatic rings. The van der Waals surface area contributed by atoms with Gasteiger partial charge in [0.1, 0.15) is 0 Å². The van der Waals surface area contributed by atoms with Crippen molar-refractivity contribution in [2.45, 2.75) is 12.5 Å². The molecule has 0 saturated carbocycles. The number of nitrogens with one attached hydrogen (secondary N) is 1. The lowest BCUT2D eigenvalue weighted by molar-refractivity contribution is 0.664. The second kappa shape index (κ2) is 4.67. The molecule has 1 heterocycles. The fourth-order valence-electron chi connectivity index (χ4n) is 1.08. The van der Waals surface area contributed by atoms with Gasteiger partial charge in [-0.3, -0.25) is 4.98 Å². The van der Waals surface area contributed by atoms with Crippen LogP contribution in [0.15, 0.2) is 37.2 Å². The van der Waals surface area contributed by atoms with Crippen LogP contribution in [-0.2, 0) is 6.42 Å². The highest BCUT2D eigenvalue weighted by atomic mass is 14.9. The van der Waals surface area contributed by atoms with E-state index in [2.05, 4.69) is 22.9 Å². The Morgan fingerprint density at radius 3 is 3.08 bits per heavy atom. The molecule has 1 aromatic rings. The van der Waals surface area contributed by atoms with Crippen LogP contribution in [0.5, 0.6) is 0 Å². The number of hydrogen-bond acceptors (Lipinski definition) is 2. The fraction of sp³-hybridized carbons (Fsp3) is 0.300. The van der Waals surface area contributed by atoms with E-state index in [4.69, 9.17) is 0 Å². The lowest BCUT2D eigenvalue weighted by Crippen LogP contribution is -2.24. The van der Waals surface area contributed by atoms with Crippen molar-refractivity contribution in [3.05, 3.63) is 42.7 Å². The smallest absolute Gasteiger partial charge is 0.0300 e. The zero-order chi connectivity index (χ0) is 8.81. The van der Waals surface area contributed by atoms with E-state index in [9.17, 15) is 0 Å². The maximum Gasteiger partial charge on any atom is 0.0300 e.